The molecule has 12 nitrogen and oxygen atoms in total. The Bertz CT molecular complexity index is 2400. The summed E-state index contributed by atoms with van der Waals surface area (Å²) in [4.78, 5) is 27.9. The van der Waals surface area contributed by atoms with Crippen LogP contribution in [0.5, 0.6) is 0 Å². The molecule has 1 saturated carbocycles. The maximum Gasteiger partial charge on any atom is 0.416 e. The van der Waals surface area contributed by atoms with Gasteiger partial charge in [-0.25, -0.2) is 18.8 Å². The molecule has 1 fully saturated rings. The van der Waals surface area contributed by atoms with Crippen molar-refractivity contribution in [2.45, 2.75) is 64.1 Å². The van der Waals surface area contributed by atoms with E-state index in [0.717, 1.165) is 38.0 Å². The summed E-state index contributed by atoms with van der Waals surface area (Å²) in [6, 6.07) is 14.7. The van der Waals surface area contributed by atoms with Gasteiger partial charge < -0.3 is 11.5 Å². The summed E-state index contributed by atoms with van der Waals surface area (Å²) in [6.45, 7) is 6.85. The Morgan fingerprint density at radius 1 is 1.00 bits per heavy atom. The standard InChI is InChI=1S/C36H33F3N6O5S.H3N/c1-20-21(2)26(17-32(22(20)3)51(48,49)50)14-25-15-28(16-25)42-34(46)44-33(31-12-13-41-45(31)29-10-8-24(19-40)9-11-29)23(4)43(35(44)47)30-7-5-6-27(18-30)36(37,38)39;/h5-13,17-18,25,28H,14-16H2,1-4H3,(H,42,46)(H,48,49,50);1H3/t25-,28+;. The highest BCUT2D eigenvalue weighted by atomic mass is 32.2. The van der Waals surface area contributed by atoms with E-state index >= 15 is 0 Å². The average molecular weight is 736 g/mol. The van der Waals surface area contributed by atoms with Crippen LogP contribution >= 0.6 is 0 Å². The molecular weight excluding hydrogens is 700 g/mol. The minimum atomic E-state index is -4.67. The van der Waals surface area contributed by atoms with E-state index in [1.807, 2.05) is 13.0 Å². The maximum atomic E-state index is 14.1. The SMILES string of the molecule is Cc1c(C[C@H]2C[C@@H](NC(=O)n3c(-c4ccnn4-c4ccc(C#N)cc4)c(C)n(-c4cccc(C(F)(F)F)c4)c3=O)C2)cc(S(=O)(=O)O)c(C)c1C.N. The molecule has 0 bridgehead atoms. The number of nitrogens with one attached hydrogen (secondary N) is 1. The Labute approximate surface area is 297 Å². The third kappa shape index (κ3) is 6.90. The van der Waals surface area contributed by atoms with Gasteiger partial charge in [-0.15, -0.1) is 0 Å². The van der Waals surface area contributed by atoms with Crippen LogP contribution < -0.4 is 17.2 Å². The zero-order valence-electron chi connectivity index (χ0n) is 28.7. The minimum Gasteiger partial charge on any atom is -0.344 e. The fourth-order valence-corrected chi connectivity index (χ4v) is 7.55. The number of imidazole rings is 1. The molecule has 2 heterocycles. The molecule has 3 aromatic carbocycles. The van der Waals surface area contributed by atoms with Crippen LogP contribution in [0.3, 0.4) is 0 Å². The molecule has 0 unspecified atom stereocenters. The van der Waals surface area contributed by atoms with Gasteiger partial charge in [0, 0.05) is 6.04 Å². The lowest BCUT2D eigenvalue weighted by atomic mass is 9.75. The molecule has 1 amide bonds. The number of hydrogen-bond donors (Lipinski definition) is 3. The van der Waals surface area contributed by atoms with Gasteiger partial charge in [-0.3, -0.25) is 9.12 Å². The van der Waals surface area contributed by atoms with Crippen LogP contribution in [0.1, 0.15) is 51.9 Å². The molecule has 16 heteroatoms. The molecule has 6 rings (SSSR count). The Hall–Kier alpha value is -5.50. The van der Waals surface area contributed by atoms with Crippen molar-refractivity contribution in [1.29, 1.82) is 5.26 Å². The third-order valence-electron chi connectivity index (χ3n) is 9.68. The Balaban J connectivity index is 0.00000523. The number of nitriles is 1. The van der Waals surface area contributed by atoms with Gasteiger partial charge in [-0.2, -0.15) is 31.9 Å². The summed E-state index contributed by atoms with van der Waals surface area (Å²) >= 11 is 0. The maximum absolute atomic E-state index is 14.1. The molecular formula is C36H36F3N7O5S. The molecule has 5 aromatic rings. The molecule has 0 aliphatic heterocycles. The van der Waals surface area contributed by atoms with Crippen LogP contribution in [0, 0.1) is 44.9 Å². The summed E-state index contributed by atoms with van der Waals surface area (Å²) in [7, 11) is -4.43. The fraction of sp³-hybridized carbons (Fsp3) is 0.278. The van der Waals surface area contributed by atoms with Crippen LogP contribution in [0.4, 0.5) is 18.0 Å². The molecule has 1 aliphatic carbocycles. The zero-order chi connectivity index (χ0) is 37.0. The summed E-state index contributed by atoms with van der Waals surface area (Å²) in [6.07, 6.45) is -1.68. The van der Waals surface area contributed by atoms with Crippen LogP contribution in [-0.2, 0) is 22.7 Å². The fourth-order valence-electron chi connectivity index (χ4n) is 6.72. The average Bonchev–Trinajstić information content (AvgIpc) is 3.64. The van der Waals surface area contributed by atoms with E-state index in [9.17, 15) is 41.0 Å². The number of nitrogens with zero attached hydrogens (tertiary/aromatic N) is 5. The number of halogens is 3. The first-order valence-electron chi connectivity index (χ1n) is 15.9. The second-order valence-corrected chi connectivity index (χ2v) is 14.2. The quantitative estimate of drug-likeness (QED) is 0.156. The molecule has 5 N–H and O–H groups in total. The van der Waals surface area contributed by atoms with Crippen molar-refractivity contribution in [2.75, 3.05) is 0 Å². The van der Waals surface area contributed by atoms with E-state index in [4.69, 9.17) is 0 Å². The van der Waals surface area contributed by atoms with E-state index in [1.54, 1.807) is 44.2 Å². The first-order chi connectivity index (χ1) is 24.0. The van der Waals surface area contributed by atoms with Gasteiger partial charge in [0.15, 0.2) is 0 Å². The van der Waals surface area contributed by atoms with E-state index in [-0.39, 0.29) is 40.1 Å². The van der Waals surface area contributed by atoms with Crippen LogP contribution in [0.15, 0.2) is 76.6 Å². The van der Waals surface area contributed by atoms with Crippen LogP contribution in [0.2, 0.25) is 0 Å². The van der Waals surface area contributed by atoms with Crippen molar-refractivity contribution in [3.05, 3.63) is 116 Å². The summed E-state index contributed by atoms with van der Waals surface area (Å²) in [5.41, 5.74) is 2.51. The molecule has 0 spiro atoms. The van der Waals surface area contributed by atoms with E-state index < -0.39 is 33.6 Å². The smallest absolute Gasteiger partial charge is 0.344 e. The van der Waals surface area contributed by atoms with Gasteiger partial charge in [0.25, 0.3) is 10.1 Å². The first kappa shape index (κ1) is 37.7. The largest absolute Gasteiger partial charge is 0.416 e. The highest BCUT2D eigenvalue weighted by Crippen LogP contribution is 2.35. The second kappa shape index (κ2) is 13.9. The number of carbonyl (C=O) groups is 1. The van der Waals surface area contributed by atoms with Crippen molar-refractivity contribution in [3.63, 3.8) is 0 Å². The van der Waals surface area contributed by atoms with Crippen molar-refractivity contribution >= 4 is 16.1 Å². The van der Waals surface area contributed by atoms with Gasteiger partial charge >= 0.3 is 17.9 Å². The number of rotatable bonds is 7. The summed E-state index contributed by atoms with van der Waals surface area (Å²) in [5, 5.41) is 16.5. The zero-order valence-corrected chi connectivity index (χ0v) is 29.5. The molecule has 0 atom stereocenters. The highest BCUT2D eigenvalue weighted by molar-refractivity contribution is 7.85. The molecule has 0 radical (unpaired) electrons. The molecule has 0 saturated heterocycles. The predicted octanol–water partition coefficient (Wildman–Crippen LogP) is 6.60. The number of alkyl halides is 3. The molecule has 272 valence electrons. The van der Waals surface area contributed by atoms with Gasteiger partial charge in [0.2, 0.25) is 0 Å². The molecule has 52 heavy (non-hydrogen) atoms. The number of amides is 1. The predicted molar refractivity (Wildman–Crippen MR) is 187 cm³/mol. The van der Waals surface area contributed by atoms with Crippen molar-refractivity contribution < 1.29 is 30.9 Å². The lowest BCUT2D eigenvalue weighted by molar-refractivity contribution is -0.137. The summed E-state index contributed by atoms with van der Waals surface area (Å²) < 4.78 is 78.2. The highest BCUT2D eigenvalue weighted by Gasteiger charge is 2.35. The van der Waals surface area contributed by atoms with Gasteiger partial charge in [-0.05, 0) is 130 Å². The normalized spacial score (nSPS) is 15.8. The minimum absolute atomic E-state index is 0. The second-order valence-electron chi connectivity index (χ2n) is 12.8. The van der Waals surface area contributed by atoms with Crippen LogP contribution in [0.25, 0.3) is 22.8 Å². The van der Waals surface area contributed by atoms with E-state index in [1.165, 1.54) is 36.0 Å². The van der Waals surface area contributed by atoms with E-state index in [2.05, 4.69) is 10.4 Å². The number of benzene rings is 3. The first-order valence-corrected chi connectivity index (χ1v) is 17.4. The molecule has 2 aromatic heterocycles. The number of hydrogen-bond acceptors (Lipinski definition) is 7. The Morgan fingerprint density at radius 3 is 2.29 bits per heavy atom. The van der Waals surface area contributed by atoms with Gasteiger partial charge in [0.05, 0.1) is 51.1 Å². The van der Waals surface area contributed by atoms with E-state index in [0.29, 0.717) is 41.8 Å². The third-order valence-corrected chi connectivity index (χ3v) is 10.7. The number of carbonyl (C=O) groups excluding carboxylic acids is 1. The number of aromatic nitrogens is 4. The van der Waals surface area contributed by atoms with Crippen LogP contribution in [-0.4, -0.2) is 44.0 Å². The van der Waals surface area contributed by atoms with Crippen molar-refractivity contribution in [1.82, 2.24) is 30.4 Å². The Morgan fingerprint density at radius 2 is 1.67 bits per heavy atom. The lowest BCUT2D eigenvalue weighted by Gasteiger charge is -2.36. The van der Waals surface area contributed by atoms with Gasteiger partial charge in [-0.1, -0.05) is 6.07 Å². The summed E-state index contributed by atoms with van der Waals surface area (Å²) in [5.74, 6) is 0.0656. The van der Waals surface area contributed by atoms with Crippen molar-refractivity contribution in [3.8, 4) is 28.8 Å². The van der Waals surface area contributed by atoms with Crippen molar-refractivity contribution in [2.24, 2.45) is 5.92 Å². The molecule has 1 aliphatic rings. The Kier molecular flexibility index (Phi) is 10.1. The monoisotopic (exact) mass is 735 g/mol. The topological polar surface area (TPSA) is 187 Å². The lowest BCUT2D eigenvalue weighted by Crippen LogP contribution is -2.48. The van der Waals surface area contributed by atoms with Gasteiger partial charge in [0.1, 0.15) is 5.69 Å².